The largest absolute Gasteiger partial charge is 0.466 e. The molecule has 84 valence electrons. The summed E-state index contributed by atoms with van der Waals surface area (Å²) in [7, 11) is 0. The first kappa shape index (κ1) is 10.7. The van der Waals surface area contributed by atoms with Crippen LogP contribution in [0.1, 0.15) is 39.0 Å². The van der Waals surface area contributed by atoms with E-state index in [1.807, 2.05) is 0 Å². The second kappa shape index (κ2) is 4.84. The van der Waals surface area contributed by atoms with Gasteiger partial charge in [0, 0.05) is 0 Å². The number of anilines is 1. The van der Waals surface area contributed by atoms with Crippen LogP contribution in [-0.4, -0.2) is 11.1 Å². The Labute approximate surface area is 94.7 Å². The minimum absolute atomic E-state index is 0.356. The SMILES string of the molecule is CCC1CCCCC1Oc1ncc(N)s1. The molecule has 0 bridgehead atoms. The fourth-order valence-corrected chi connectivity index (χ4v) is 2.83. The Balaban J connectivity index is 1.97. The summed E-state index contributed by atoms with van der Waals surface area (Å²) in [5.41, 5.74) is 5.63. The normalized spacial score (nSPS) is 26.5. The smallest absolute Gasteiger partial charge is 0.275 e. The van der Waals surface area contributed by atoms with E-state index in [0.717, 1.165) is 16.6 Å². The van der Waals surface area contributed by atoms with Crippen LogP contribution in [0.4, 0.5) is 5.00 Å². The third-order valence-corrected chi connectivity index (χ3v) is 3.84. The van der Waals surface area contributed by atoms with Crippen molar-refractivity contribution in [2.24, 2.45) is 5.92 Å². The summed E-state index contributed by atoms with van der Waals surface area (Å²) >= 11 is 1.44. The highest BCUT2D eigenvalue weighted by atomic mass is 32.1. The third-order valence-electron chi connectivity index (χ3n) is 3.12. The molecule has 4 heteroatoms. The molecule has 1 saturated carbocycles. The Morgan fingerprint density at radius 2 is 2.33 bits per heavy atom. The molecule has 1 aliphatic carbocycles. The van der Waals surface area contributed by atoms with E-state index < -0.39 is 0 Å². The molecule has 2 atom stereocenters. The molecule has 1 aromatic heterocycles. The summed E-state index contributed by atoms with van der Waals surface area (Å²) in [5, 5.41) is 1.46. The van der Waals surface area contributed by atoms with Crippen molar-refractivity contribution < 1.29 is 4.74 Å². The van der Waals surface area contributed by atoms with E-state index >= 15 is 0 Å². The molecule has 1 aliphatic rings. The van der Waals surface area contributed by atoms with Crippen LogP contribution >= 0.6 is 11.3 Å². The number of thiazole rings is 1. The van der Waals surface area contributed by atoms with Gasteiger partial charge in [-0.3, -0.25) is 0 Å². The number of aromatic nitrogens is 1. The lowest BCUT2D eigenvalue weighted by molar-refractivity contribution is 0.0901. The second-order valence-corrected chi connectivity index (χ2v) is 5.16. The molecular formula is C11H18N2OS. The van der Waals surface area contributed by atoms with E-state index in [4.69, 9.17) is 10.5 Å². The van der Waals surface area contributed by atoms with Crippen molar-refractivity contribution in [3.8, 4) is 5.19 Å². The van der Waals surface area contributed by atoms with Crippen LogP contribution in [0.25, 0.3) is 0 Å². The van der Waals surface area contributed by atoms with Gasteiger partial charge in [-0.1, -0.05) is 24.7 Å². The lowest BCUT2D eigenvalue weighted by Gasteiger charge is -2.30. The maximum atomic E-state index is 5.91. The molecule has 1 aromatic rings. The molecule has 1 fully saturated rings. The maximum absolute atomic E-state index is 5.91. The fraction of sp³-hybridized carbons (Fsp3) is 0.727. The highest BCUT2D eigenvalue weighted by Gasteiger charge is 2.25. The molecule has 1 heterocycles. The highest BCUT2D eigenvalue weighted by molar-refractivity contribution is 7.17. The Morgan fingerprint density at radius 3 is 3.00 bits per heavy atom. The summed E-state index contributed by atoms with van der Waals surface area (Å²) < 4.78 is 5.91. The predicted octanol–water partition coefficient (Wildman–Crippen LogP) is 3.07. The lowest BCUT2D eigenvalue weighted by Crippen LogP contribution is -2.29. The van der Waals surface area contributed by atoms with Crippen molar-refractivity contribution in [1.82, 2.24) is 4.98 Å². The molecule has 0 amide bonds. The number of ether oxygens (including phenoxy) is 1. The molecule has 0 spiro atoms. The molecule has 0 radical (unpaired) electrons. The monoisotopic (exact) mass is 226 g/mol. The first-order valence-electron chi connectivity index (χ1n) is 5.67. The van der Waals surface area contributed by atoms with Crippen molar-refractivity contribution >= 4 is 16.3 Å². The van der Waals surface area contributed by atoms with Gasteiger partial charge in [0.25, 0.3) is 5.19 Å². The predicted molar refractivity (Wildman–Crippen MR) is 63.2 cm³/mol. The highest BCUT2D eigenvalue weighted by Crippen LogP contribution is 2.32. The molecule has 2 unspecified atom stereocenters. The zero-order valence-corrected chi connectivity index (χ0v) is 9.93. The summed E-state index contributed by atoms with van der Waals surface area (Å²) in [4.78, 5) is 4.15. The van der Waals surface area contributed by atoms with E-state index in [0.29, 0.717) is 12.0 Å². The maximum Gasteiger partial charge on any atom is 0.275 e. The van der Waals surface area contributed by atoms with Crippen molar-refractivity contribution in [2.75, 3.05) is 5.73 Å². The van der Waals surface area contributed by atoms with Gasteiger partial charge in [0.15, 0.2) is 0 Å². The van der Waals surface area contributed by atoms with Crippen molar-refractivity contribution in [1.29, 1.82) is 0 Å². The van der Waals surface area contributed by atoms with Gasteiger partial charge in [-0.25, -0.2) is 4.98 Å². The number of nitrogens with zero attached hydrogens (tertiary/aromatic N) is 1. The van der Waals surface area contributed by atoms with E-state index in [1.165, 1.54) is 37.0 Å². The molecule has 3 nitrogen and oxygen atoms in total. The molecule has 2 N–H and O–H groups in total. The fourth-order valence-electron chi connectivity index (χ4n) is 2.25. The van der Waals surface area contributed by atoms with Crippen LogP contribution in [0.15, 0.2) is 6.20 Å². The van der Waals surface area contributed by atoms with Crippen molar-refractivity contribution in [3.63, 3.8) is 0 Å². The van der Waals surface area contributed by atoms with Crippen LogP contribution in [0.2, 0.25) is 0 Å². The van der Waals surface area contributed by atoms with Gasteiger partial charge in [-0.2, -0.15) is 0 Å². The minimum atomic E-state index is 0.356. The van der Waals surface area contributed by atoms with Gasteiger partial charge in [-0.15, -0.1) is 0 Å². The molecule has 0 aliphatic heterocycles. The topological polar surface area (TPSA) is 48.1 Å². The van der Waals surface area contributed by atoms with Gasteiger partial charge >= 0.3 is 0 Å². The Kier molecular flexibility index (Phi) is 3.46. The Bertz CT molecular complexity index is 313. The second-order valence-electron chi connectivity index (χ2n) is 4.14. The van der Waals surface area contributed by atoms with Crippen LogP contribution in [0.3, 0.4) is 0 Å². The summed E-state index contributed by atoms with van der Waals surface area (Å²) in [6.45, 7) is 2.24. The van der Waals surface area contributed by atoms with Gasteiger partial charge in [0.2, 0.25) is 0 Å². The number of hydrogen-bond donors (Lipinski definition) is 1. The summed E-state index contributed by atoms with van der Waals surface area (Å²) in [6.07, 6.45) is 8.31. The quantitative estimate of drug-likeness (QED) is 0.861. The van der Waals surface area contributed by atoms with Crippen LogP contribution < -0.4 is 10.5 Å². The average molecular weight is 226 g/mol. The molecule has 0 aromatic carbocycles. The number of hydrogen-bond acceptors (Lipinski definition) is 4. The molecule has 2 rings (SSSR count). The first-order chi connectivity index (χ1) is 7.29. The van der Waals surface area contributed by atoms with Gasteiger partial charge in [0.05, 0.1) is 6.20 Å². The van der Waals surface area contributed by atoms with Crippen LogP contribution in [0, 0.1) is 5.92 Å². The van der Waals surface area contributed by atoms with Gasteiger partial charge in [0.1, 0.15) is 11.1 Å². The van der Waals surface area contributed by atoms with Gasteiger partial charge < -0.3 is 10.5 Å². The Hall–Kier alpha value is -0.770. The van der Waals surface area contributed by atoms with E-state index in [2.05, 4.69) is 11.9 Å². The minimum Gasteiger partial charge on any atom is -0.466 e. The molecular weight excluding hydrogens is 208 g/mol. The van der Waals surface area contributed by atoms with E-state index in [9.17, 15) is 0 Å². The van der Waals surface area contributed by atoms with E-state index in [1.54, 1.807) is 6.20 Å². The van der Waals surface area contributed by atoms with E-state index in [-0.39, 0.29) is 0 Å². The lowest BCUT2D eigenvalue weighted by atomic mass is 9.85. The van der Waals surface area contributed by atoms with Crippen molar-refractivity contribution in [3.05, 3.63) is 6.20 Å². The summed E-state index contributed by atoms with van der Waals surface area (Å²) in [6, 6.07) is 0. The molecule has 0 saturated heterocycles. The zero-order valence-electron chi connectivity index (χ0n) is 9.11. The third kappa shape index (κ3) is 2.62. The standard InChI is InChI=1S/C11H18N2OS/c1-2-8-5-3-4-6-9(8)14-11-13-7-10(12)15-11/h7-9H,2-6,12H2,1H3. The average Bonchev–Trinajstić information content (AvgIpc) is 2.65. The zero-order chi connectivity index (χ0) is 10.7. The molecule has 15 heavy (non-hydrogen) atoms. The number of rotatable bonds is 3. The van der Waals surface area contributed by atoms with Crippen LogP contribution in [-0.2, 0) is 0 Å². The van der Waals surface area contributed by atoms with Crippen molar-refractivity contribution in [2.45, 2.75) is 45.1 Å². The number of nitrogen functional groups attached to an aromatic ring is 1. The number of nitrogens with two attached hydrogens (primary N) is 1. The summed E-state index contributed by atoms with van der Waals surface area (Å²) in [5.74, 6) is 0.698. The Morgan fingerprint density at radius 1 is 1.53 bits per heavy atom. The van der Waals surface area contributed by atoms with Crippen LogP contribution in [0.5, 0.6) is 5.19 Å². The van der Waals surface area contributed by atoms with Gasteiger partial charge in [-0.05, 0) is 31.6 Å². The first-order valence-corrected chi connectivity index (χ1v) is 6.49.